The van der Waals surface area contributed by atoms with E-state index >= 15 is 0 Å². The van der Waals surface area contributed by atoms with E-state index in [4.69, 9.17) is 20.8 Å². The maximum absolute atomic E-state index is 12.6. The first-order valence-corrected chi connectivity index (χ1v) is 12.3. The molecule has 0 spiro atoms. The van der Waals surface area contributed by atoms with Gasteiger partial charge in [0.25, 0.3) is 0 Å². The van der Waals surface area contributed by atoms with Crippen LogP contribution in [0.15, 0.2) is 12.1 Å². The normalized spacial score (nSPS) is 18.5. The summed E-state index contributed by atoms with van der Waals surface area (Å²) in [6.07, 6.45) is -0.632. The average Bonchev–Trinajstić information content (AvgIpc) is 2.44. The van der Waals surface area contributed by atoms with E-state index in [-0.39, 0.29) is 17.2 Å². The molecule has 2 heterocycles. The fourth-order valence-electron chi connectivity index (χ4n) is 2.54. The van der Waals surface area contributed by atoms with Crippen molar-refractivity contribution in [1.82, 2.24) is 9.88 Å². The summed E-state index contributed by atoms with van der Waals surface area (Å²) < 4.78 is 12.2. The highest BCUT2D eigenvalue weighted by atomic mass is 35.5. The first-order chi connectivity index (χ1) is 11.7. The van der Waals surface area contributed by atoms with Gasteiger partial charge in [0.05, 0.1) is 18.8 Å². The van der Waals surface area contributed by atoms with E-state index in [1.165, 1.54) is 0 Å². The highest BCUT2D eigenvalue weighted by molar-refractivity contribution is 6.74. The molecule has 0 fully saturated rings. The average molecular weight is 399 g/mol. The Labute approximate surface area is 163 Å². The van der Waals surface area contributed by atoms with Crippen molar-refractivity contribution in [2.45, 2.75) is 77.9 Å². The third-order valence-corrected chi connectivity index (χ3v) is 9.62. The van der Waals surface area contributed by atoms with Gasteiger partial charge in [-0.15, -0.1) is 0 Å². The second-order valence-electron chi connectivity index (χ2n) is 9.41. The molecule has 1 aromatic rings. The van der Waals surface area contributed by atoms with Gasteiger partial charge in [-0.3, -0.25) is 0 Å². The van der Waals surface area contributed by atoms with Gasteiger partial charge in [-0.1, -0.05) is 38.4 Å². The first-order valence-electron chi connectivity index (χ1n) is 9.01. The van der Waals surface area contributed by atoms with Crippen LogP contribution < -0.4 is 0 Å². The van der Waals surface area contributed by atoms with E-state index < -0.39 is 13.9 Å². The molecule has 1 unspecified atom stereocenters. The second-order valence-corrected chi connectivity index (χ2v) is 14.5. The van der Waals surface area contributed by atoms with Gasteiger partial charge in [0.1, 0.15) is 16.9 Å². The predicted octanol–water partition coefficient (Wildman–Crippen LogP) is 5.55. The number of ether oxygens (including phenoxy) is 1. The Kier molecular flexibility index (Phi) is 5.81. The number of amides is 1. The van der Waals surface area contributed by atoms with Crippen molar-refractivity contribution >= 4 is 26.0 Å². The number of pyridine rings is 1. The van der Waals surface area contributed by atoms with Crippen LogP contribution in [0.4, 0.5) is 4.79 Å². The van der Waals surface area contributed by atoms with Crippen LogP contribution in [-0.2, 0) is 15.7 Å². The molecule has 1 aromatic heterocycles. The molecule has 0 radical (unpaired) electrons. The van der Waals surface area contributed by atoms with Gasteiger partial charge in [0.2, 0.25) is 0 Å². The van der Waals surface area contributed by atoms with Crippen LogP contribution in [0, 0.1) is 0 Å². The summed E-state index contributed by atoms with van der Waals surface area (Å²) in [6.45, 7) is 17.5. The van der Waals surface area contributed by atoms with Crippen molar-refractivity contribution in [3.63, 3.8) is 0 Å². The maximum Gasteiger partial charge on any atom is 0.410 e. The molecule has 1 atom stereocenters. The van der Waals surface area contributed by atoms with Crippen molar-refractivity contribution in [2.24, 2.45) is 0 Å². The molecule has 1 amide bonds. The van der Waals surface area contributed by atoms with Crippen molar-refractivity contribution in [2.75, 3.05) is 6.54 Å². The number of rotatable bonds is 2. The summed E-state index contributed by atoms with van der Waals surface area (Å²) in [5.74, 6) is 0. The summed E-state index contributed by atoms with van der Waals surface area (Å²) in [5.41, 5.74) is 1.25. The van der Waals surface area contributed by atoms with Gasteiger partial charge >= 0.3 is 6.09 Å². The Morgan fingerprint density at radius 2 is 1.85 bits per heavy atom. The number of nitrogens with zero attached hydrogens (tertiary/aromatic N) is 2. The van der Waals surface area contributed by atoms with Crippen molar-refractivity contribution in [1.29, 1.82) is 0 Å². The van der Waals surface area contributed by atoms with Crippen molar-refractivity contribution in [3.05, 3.63) is 28.5 Å². The lowest BCUT2D eigenvalue weighted by Gasteiger charge is -2.42. The Bertz CT molecular complexity index is 680. The molecule has 7 heteroatoms. The summed E-state index contributed by atoms with van der Waals surface area (Å²) in [6, 6.07) is 3.67. The highest BCUT2D eigenvalue weighted by Crippen LogP contribution is 2.41. The Morgan fingerprint density at radius 3 is 2.38 bits per heavy atom. The van der Waals surface area contributed by atoms with Crippen LogP contribution in [-0.4, -0.2) is 36.4 Å². The van der Waals surface area contributed by atoms with Crippen LogP contribution >= 0.6 is 11.6 Å². The van der Waals surface area contributed by atoms with E-state index in [0.29, 0.717) is 18.2 Å². The van der Waals surface area contributed by atoms with Gasteiger partial charge < -0.3 is 14.1 Å². The molecule has 0 aromatic carbocycles. The number of carbonyl (C=O) groups is 1. The van der Waals surface area contributed by atoms with E-state index in [1.807, 2.05) is 26.8 Å². The fraction of sp³-hybridized carbons (Fsp3) is 0.684. The number of hydrogen-bond donors (Lipinski definition) is 0. The minimum atomic E-state index is -2.05. The van der Waals surface area contributed by atoms with Gasteiger partial charge in [-0.2, -0.15) is 0 Å². The molecular formula is C19H31ClN2O3Si. The van der Waals surface area contributed by atoms with Gasteiger partial charge in [0.15, 0.2) is 8.32 Å². The van der Waals surface area contributed by atoms with E-state index in [2.05, 4.69) is 38.8 Å². The van der Waals surface area contributed by atoms with E-state index in [9.17, 15) is 4.79 Å². The van der Waals surface area contributed by atoms with Gasteiger partial charge in [0, 0.05) is 0 Å². The van der Waals surface area contributed by atoms with Crippen LogP contribution in [0.5, 0.6) is 0 Å². The Balaban J connectivity index is 2.34. The van der Waals surface area contributed by atoms with Crippen LogP contribution in [0.2, 0.25) is 23.3 Å². The van der Waals surface area contributed by atoms with E-state index in [0.717, 1.165) is 11.3 Å². The molecule has 0 saturated heterocycles. The lowest BCUT2D eigenvalue weighted by atomic mass is 10.0. The third-order valence-electron chi connectivity index (χ3n) is 4.93. The van der Waals surface area contributed by atoms with Gasteiger partial charge in [-0.05, 0) is 50.5 Å². The largest absolute Gasteiger partial charge is 0.444 e. The zero-order valence-electron chi connectivity index (χ0n) is 17.1. The Morgan fingerprint density at radius 1 is 1.23 bits per heavy atom. The molecule has 0 N–H and O–H groups in total. The second kappa shape index (κ2) is 7.13. The molecule has 0 bridgehead atoms. The summed E-state index contributed by atoms with van der Waals surface area (Å²) in [7, 11) is -2.05. The van der Waals surface area contributed by atoms with Crippen LogP contribution in [0.1, 0.15) is 58.9 Å². The molecular weight excluding hydrogens is 368 g/mol. The molecule has 2 rings (SSSR count). The lowest BCUT2D eigenvalue weighted by molar-refractivity contribution is 0.00918. The number of hydrogen-bond acceptors (Lipinski definition) is 4. The summed E-state index contributed by atoms with van der Waals surface area (Å²) in [5, 5.41) is 0.498. The van der Waals surface area contributed by atoms with Crippen LogP contribution in [0.25, 0.3) is 0 Å². The lowest BCUT2D eigenvalue weighted by Crippen LogP contribution is -2.47. The topological polar surface area (TPSA) is 51.7 Å². The fourth-order valence-corrected chi connectivity index (χ4v) is 3.94. The number of carbonyl (C=O) groups excluding carboxylic acids is 1. The van der Waals surface area contributed by atoms with E-state index in [1.54, 1.807) is 11.0 Å². The zero-order chi connectivity index (χ0) is 19.9. The van der Waals surface area contributed by atoms with Gasteiger partial charge in [-0.25, -0.2) is 9.78 Å². The maximum atomic E-state index is 12.6. The molecule has 1 aliphatic rings. The van der Waals surface area contributed by atoms with Crippen molar-refractivity contribution in [3.8, 4) is 0 Å². The number of fused-ring (bicyclic) bond motifs is 1. The SMILES string of the molecule is CC(C)(C)OC(=O)N1Cc2ccc(Cl)nc2C(O[Si](C)(C)C(C)(C)C)C1. The van der Waals surface area contributed by atoms with Crippen LogP contribution in [0.3, 0.4) is 0 Å². The van der Waals surface area contributed by atoms with Crippen molar-refractivity contribution < 1.29 is 14.0 Å². The summed E-state index contributed by atoms with van der Waals surface area (Å²) in [4.78, 5) is 18.8. The molecule has 146 valence electrons. The standard InChI is InChI=1S/C19H31ClN2O3Si/c1-18(2,3)24-17(23)22-11-13-9-10-15(20)21-16(13)14(12-22)25-26(7,8)19(4,5)6/h9-10,14H,11-12H2,1-8H3. The molecule has 5 nitrogen and oxygen atoms in total. The number of aromatic nitrogens is 1. The Hall–Kier alpha value is -1.11. The molecule has 0 saturated carbocycles. The predicted molar refractivity (Wildman–Crippen MR) is 107 cm³/mol. The zero-order valence-corrected chi connectivity index (χ0v) is 18.9. The summed E-state index contributed by atoms with van der Waals surface area (Å²) >= 11 is 6.13. The first kappa shape index (κ1) is 21.2. The highest BCUT2D eigenvalue weighted by Gasteiger charge is 2.42. The monoisotopic (exact) mass is 398 g/mol. The molecule has 0 aliphatic carbocycles. The number of halogens is 1. The quantitative estimate of drug-likeness (QED) is 0.484. The molecule has 26 heavy (non-hydrogen) atoms. The smallest absolute Gasteiger partial charge is 0.410 e. The minimum Gasteiger partial charge on any atom is -0.444 e. The minimum absolute atomic E-state index is 0.0555. The molecule has 1 aliphatic heterocycles. The third kappa shape index (κ3) is 4.99.